The van der Waals surface area contributed by atoms with E-state index in [4.69, 9.17) is 0 Å². The Morgan fingerprint density at radius 2 is 1.81 bits per heavy atom. The van der Waals surface area contributed by atoms with Gasteiger partial charge in [-0.2, -0.15) is 0 Å². The number of urea groups is 1. The molecule has 0 heterocycles. The largest absolute Gasteiger partial charge is 0.480 e. The van der Waals surface area contributed by atoms with E-state index >= 15 is 0 Å². The predicted octanol–water partition coefficient (Wildman–Crippen LogP) is 3.12. The highest BCUT2D eigenvalue weighted by Crippen LogP contribution is 2.27. The van der Waals surface area contributed by atoms with Gasteiger partial charge < -0.3 is 15.7 Å². The van der Waals surface area contributed by atoms with Crippen molar-refractivity contribution in [1.29, 1.82) is 0 Å². The molecule has 0 aliphatic heterocycles. The van der Waals surface area contributed by atoms with Gasteiger partial charge in [0, 0.05) is 5.69 Å². The van der Waals surface area contributed by atoms with Crippen LogP contribution in [0.1, 0.15) is 38.5 Å². The first-order chi connectivity index (χ1) is 10.0. The fourth-order valence-electron chi connectivity index (χ4n) is 2.67. The van der Waals surface area contributed by atoms with Crippen LogP contribution in [-0.2, 0) is 4.79 Å². The zero-order valence-electron chi connectivity index (χ0n) is 11.7. The van der Waals surface area contributed by atoms with E-state index in [0.717, 1.165) is 25.7 Å². The maximum Gasteiger partial charge on any atom is 0.329 e. The molecule has 1 aromatic carbocycles. The van der Waals surface area contributed by atoms with Gasteiger partial charge in [0.05, 0.1) is 0 Å². The van der Waals surface area contributed by atoms with Crippen molar-refractivity contribution >= 4 is 17.7 Å². The van der Waals surface area contributed by atoms with E-state index in [0.29, 0.717) is 18.5 Å². The molecule has 114 valence electrons. The molecule has 0 unspecified atom stereocenters. The van der Waals surface area contributed by atoms with E-state index in [-0.39, 0.29) is 0 Å². The summed E-state index contributed by atoms with van der Waals surface area (Å²) in [4.78, 5) is 23.6. The fraction of sp³-hybridized carbons (Fsp3) is 0.467. The number of anilines is 1. The summed E-state index contributed by atoms with van der Waals surface area (Å²) in [5.74, 6) is -1.48. The Labute approximate surface area is 122 Å². The van der Waals surface area contributed by atoms with E-state index in [9.17, 15) is 19.1 Å². The number of halogens is 1. The van der Waals surface area contributed by atoms with Crippen LogP contribution in [0.2, 0.25) is 0 Å². The molecule has 0 atom stereocenters. The average Bonchev–Trinajstić information content (AvgIpc) is 2.65. The normalized spacial score (nSPS) is 17.6. The molecule has 1 aromatic rings. The van der Waals surface area contributed by atoms with E-state index in [1.807, 2.05) is 0 Å². The van der Waals surface area contributed by atoms with Gasteiger partial charge in [-0.1, -0.05) is 31.7 Å². The number of hydrogen-bond donors (Lipinski definition) is 3. The molecule has 3 N–H and O–H groups in total. The summed E-state index contributed by atoms with van der Waals surface area (Å²) in [6.07, 6.45) is 4.32. The Hall–Kier alpha value is -2.11. The van der Waals surface area contributed by atoms with Gasteiger partial charge in [0.25, 0.3) is 0 Å². The number of nitrogens with one attached hydrogen (secondary N) is 2. The van der Waals surface area contributed by atoms with Crippen LogP contribution in [0.25, 0.3) is 0 Å². The summed E-state index contributed by atoms with van der Waals surface area (Å²) in [5.41, 5.74) is -0.935. The van der Waals surface area contributed by atoms with E-state index in [2.05, 4.69) is 10.6 Å². The molecule has 2 rings (SSSR count). The number of benzene rings is 1. The Bertz CT molecular complexity index is 525. The third-order valence-electron chi connectivity index (χ3n) is 3.80. The highest BCUT2D eigenvalue weighted by Gasteiger charge is 2.40. The highest BCUT2D eigenvalue weighted by molar-refractivity contribution is 5.93. The minimum absolute atomic E-state index is 0.293. The molecule has 1 saturated carbocycles. The smallest absolute Gasteiger partial charge is 0.329 e. The van der Waals surface area contributed by atoms with Crippen LogP contribution in [0.3, 0.4) is 0 Å². The highest BCUT2D eigenvalue weighted by atomic mass is 19.1. The number of carboxylic acid groups (broad SMARTS) is 1. The third-order valence-corrected chi connectivity index (χ3v) is 3.80. The average molecular weight is 294 g/mol. The second-order valence-electron chi connectivity index (χ2n) is 5.39. The van der Waals surface area contributed by atoms with Crippen molar-refractivity contribution in [2.45, 2.75) is 44.1 Å². The fourth-order valence-corrected chi connectivity index (χ4v) is 2.67. The Morgan fingerprint density at radius 1 is 1.14 bits per heavy atom. The van der Waals surface area contributed by atoms with Crippen molar-refractivity contribution in [3.8, 4) is 0 Å². The second kappa shape index (κ2) is 6.56. The van der Waals surface area contributed by atoms with Gasteiger partial charge in [0.1, 0.15) is 11.4 Å². The van der Waals surface area contributed by atoms with Crippen LogP contribution >= 0.6 is 0 Å². The lowest BCUT2D eigenvalue weighted by atomic mass is 9.90. The van der Waals surface area contributed by atoms with Crippen LogP contribution in [0.4, 0.5) is 14.9 Å². The molecule has 0 radical (unpaired) electrons. The first kappa shape index (κ1) is 15.3. The Balaban J connectivity index is 2.06. The number of hydrogen-bond acceptors (Lipinski definition) is 2. The topological polar surface area (TPSA) is 78.4 Å². The molecule has 1 aliphatic rings. The minimum Gasteiger partial charge on any atom is -0.480 e. The van der Waals surface area contributed by atoms with Gasteiger partial charge in [-0.05, 0) is 31.0 Å². The van der Waals surface area contributed by atoms with Crippen molar-refractivity contribution in [3.05, 3.63) is 30.1 Å². The zero-order valence-corrected chi connectivity index (χ0v) is 11.7. The number of carbonyl (C=O) groups is 2. The summed E-state index contributed by atoms with van der Waals surface area (Å²) >= 11 is 0. The number of rotatable bonds is 3. The standard InChI is InChI=1S/C15H19FN2O3/c16-11-6-5-7-12(10-11)17-14(21)18-15(13(19)20)8-3-1-2-4-9-15/h5-7,10H,1-4,8-9H2,(H,19,20)(H2,17,18,21). The van der Waals surface area contributed by atoms with E-state index in [1.165, 1.54) is 18.2 Å². The lowest BCUT2D eigenvalue weighted by Crippen LogP contribution is -2.55. The second-order valence-corrected chi connectivity index (χ2v) is 5.39. The molecule has 2 amide bonds. The van der Waals surface area contributed by atoms with Gasteiger partial charge in [-0.3, -0.25) is 0 Å². The number of carbonyl (C=O) groups excluding carboxylic acids is 1. The summed E-state index contributed by atoms with van der Waals surface area (Å²) in [6.45, 7) is 0. The van der Waals surface area contributed by atoms with Crippen LogP contribution in [0.15, 0.2) is 24.3 Å². The lowest BCUT2D eigenvalue weighted by molar-refractivity contribution is -0.145. The molecule has 0 bridgehead atoms. The molecular formula is C15H19FN2O3. The van der Waals surface area contributed by atoms with Crippen LogP contribution in [-0.4, -0.2) is 22.6 Å². The van der Waals surface area contributed by atoms with Crippen molar-refractivity contribution in [2.24, 2.45) is 0 Å². The van der Waals surface area contributed by atoms with Crippen LogP contribution < -0.4 is 10.6 Å². The third kappa shape index (κ3) is 3.93. The molecule has 1 aliphatic carbocycles. The minimum atomic E-state index is -1.23. The quantitative estimate of drug-likeness (QED) is 0.749. The molecule has 6 heteroatoms. The summed E-state index contributed by atoms with van der Waals surface area (Å²) in [5, 5.41) is 14.5. The van der Waals surface area contributed by atoms with E-state index < -0.39 is 23.4 Å². The molecule has 1 fully saturated rings. The van der Waals surface area contributed by atoms with Crippen molar-refractivity contribution in [2.75, 3.05) is 5.32 Å². The van der Waals surface area contributed by atoms with Crippen molar-refractivity contribution in [3.63, 3.8) is 0 Å². The van der Waals surface area contributed by atoms with E-state index in [1.54, 1.807) is 6.07 Å². The monoisotopic (exact) mass is 294 g/mol. The number of amides is 2. The van der Waals surface area contributed by atoms with Crippen LogP contribution in [0, 0.1) is 5.82 Å². The Morgan fingerprint density at radius 3 is 2.38 bits per heavy atom. The first-order valence-corrected chi connectivity index (χ1v) is 7.10. The molecule has 0 saturated heterocycles. The maximum atomic E-state index is 13.1. The van der Waals surface area contributed by atoms with Crippen molar-refractivity contribution < 1.29 is 19.1 Å². The van der Waals surface area contributed by atoms with Gasteiger partial charge in [0.15, 0.2) is 0 Å². The van der Waals surface area contributed by atoms with Crippen molar-refractivity contribution in [1.82, 2.24) is 5.32 Å². The Kier molecular flexibility index (Phi) is 4.77. The summed E-state index contributed by atoms with van der Waals surface area (Å²) in [7, 11) is 0. The first-order valence-electron chi connectivity index (χ1n) is 7.10. The number of carboxylic acids is 1. The molecule has 0 aromatic heterocycles. The molecule has 5 nitrogen and oxygen atoms in total. The molecule has 0 spiro atoms. The summed E-state index contributed by atoms with van der Waals surface area (Å²) in [6, 6.07) is 4.85. The molecule has 21 heavy (non-hydrogen) atoms. The van der Waals surface area contributed by atoms with Gasteiger partial charge in [-0.15, -0.1) is 0 Å². The summed E-state index contributed by atoms with van der Waals surface area (Å²) < 4.78 is 13.1. The maximum absolute atomic E-state index is 13.1. The zero-order chi connectivity index (χ0) is 15.3. The SMILES string of the molecule is O=C(Nc1cccc(F)c1)NC1(C(=O)O)CCCCCC1. The van der Waals surface area contributed by atoms with Gasteiger partial charge >= 0.3 is 12.0 Å². The lowest BCUT2D eigenvalue weighted by Gasteiger charge is -2.29. The van der Waals surface area contributed by atoms with Gasteiger partial charge in [-0.25, -0.2) is 14.0 Å². The number of aliphatic carboxylic acids is 1. The van der Waals surface area contributed by atoms with Gasteiger partial charge in [0.2, 0.25) is 0 Å². The van der Waals surface area contributed by atoms with Crippen LogP contribution in [0.5, 0.6) is 0 Å². The predicted molar refractivity (Wildman–Crippen MR) is 76.6 cm³/mol. The molecular weight excluding hydrogens is 275 g/mol.